The Morgan fingerprint density at radius 1 is 1.15 bits per heavy atom. The zero-order valence-corrected chi connectivity index (χ0v) is 15.9. The highest BCUT2D eigenvalue weighted by Crippen LogP contribution is 2.36. The number of pyridine rings is 1. The van der Waals surface area contributed by atoms with Crippen molar-refractivity contribution in [3.63, 3.8) is 0 Å². The van der Waals surface area contributed by atoms with Gasteiger partial charge < -0.3 is 9.64 Å². The largest absolute Gasteiger partial charge is 0.486 e. The van der Waals surface area contributed by atoms with Crippen molar-refractivity contribution in [2.75, 3.05) is 26.2 Å². The van der Waals surface area contributed by atoms with Crippen LogP contribution in [0.2, 0.25) is 0 Å². The molecular weight excluding hydrogens is 322 g/mol. The molecule has 2 aliphatic heterocycles. The molecular formula is C22H29N3O. The van der Waals surface area contributed by atoms with E-state index in [9.17, 15) is 0 Å². The summed E-state index contributed by atoms with van der Waals surface area (Å²) in [5.74, 6) is 1.08. The average Bonchev–Trinajstić information content (AvgIpc) is 2.79. The summed E-state index contributed by atoms with van der Waals surface area (Å²) >= 11 is 0. The first-order valence-electron chi connectivity index (χ1n) is 9.78. The lowest BCUT2D eigenvalue weighted by atomic mass is 9.90. The molecule has 0 atom stereocenters. The van der Waals surface area contributed by atoms with Crippen molar-refractivity contribution < 1.29 is 4.74 Å². The van der Waals surface area contributed by atoms with Crippen LogP contribution in [-0.4, -0.2) is 46.6 Å². The van der Waals surface area contributed by atoms with Crippen molar-refractivity contribution in [3.05, 3.63) is 59.4 Å². The minimum Gasteiger partial charge on any atom is -0.486 e. The number of aromatic nitrogens is 1. The Morgan fingerprint density at radius 2 is 2.00 bits per heavy atom. The van der Waals surface area contributed by atoms with E-state index < -0.39 is 0 Å². The maximum atomic E-state index is 6.72. The molecule has 0 amide bonds. The third-order valence-corrected chi connectivity index (χ3v) is 5.79. The van der Waals surface area contributed by atoms with Crippen LogP contribution in [0.3, 0.4) is 0 Å². The third kappa shape index (κ3) is 3.76. The van der Waals surface area contributed by atoms with Crippen LogP contribution in [0.1, 0.15) is 36.5 Å². The van der Waals surface area contributed by atoms with Crippen LogP contribution in [0.5, 0.6) is 5.75 Å². The lowest BCUT2D eigenvalue weighted by molar-refractivity contribution is -0.0186. The molecule has 2 aliphatic rings. The van der Waals surface area contributed by atoms with E-state index in [0.29, 0.717) is 0 Å². The first-order valence-corrected chi connectivity index (χ1v) is 9.78. The smallest absolute Gasteiger partial charge is 0.124 e. The van der Waals surface area contributed by atoms with Crippen LogP contribution in [-0.2, 0) is 13.1 Å². The Kier molecular flexibility index (Phi) is 4.96. The minimum absolute atomic E-state index is 0.0750. The van der Waals surface area contributed by atoms with E-state index in [1.807, 2.05) is 18.5 Å². The lowest BCUT2D eigenvalue weighted by Crippen LogP contribution is -2.53. The van der Waals surface area contributed by atoms with Crippen LogP contribution < -0.4 is 4.74 Å². The van der Waals surface area contributed by atoms with Gasteiger partial charge in [0, 0.05) is 63.5 Å². The van der Waals surface area contributed by atoms with Crippen molar-refractivity contribution in [1.29, 1.82) is 0 Å². The van der Waals surface area contributed by atoms with Gasteiger partial charge in [0.15, 0.2) is 0 Å². The molecule has 0 N–H and O–H groups in total. The summed E-state index contributed by atoms with van der Waals surface area (Å²) in [6.45, 7) is 10.6. The zero-order valence-electron chi connectivity index (χ0n) is 15.9. The summed E-state index contributed by atoms with van der Waals surface area (Å²) in [6.07, 6.45) is 6.01. The number of rotatable bonds is 3. The Hall–Kier alpha value is -1.91. The number of benzene rings is 1. The fourth-order valence-corrected chi connectivity index (χ4v) is 4.30. The van der Waals surface area contributed by atoms with Gasteiger partial charge in [-0.15, -0.1) is 0 Å². The molecule has 26 heavy (non-hydrogen) atoms. The van der Waals surface area contributed by atoms with E-state index in [1.165, 1.54) is 16.7 Å². The second kappa shape index (κ2) is 7.37. The highest BCUT2D eigenvalue weighted by atomic mass is 16.5. The van der Waals surface area contributed by atoms with Crippen molar-refractivity contribution in [3.8, 4) is 5.75 Å². The Bertz CT molecular complexity index is 738. The molecule has 4 rings (SSSR count). The van der Waals surface area contributed by atoms with Crippen LogP contribution >= 0.6 is 0 Å². The Balaban J connectivity index is 1.62. The first kappa shape index (κ1) is 17.5. The van der Waals surface area contributed by atoms with Crippen molar-refractivity contribution >= 4 is 0 Å². The monoisotopic (exact) mass is 351 g/mol. The number of likely N-dealkylation sites (tertiary alicyclic amines) is 1. The third-order valence-electron chi connectivity index (χ3n) is 5.79. The molecule has 3 heterocycles. The summed E-state index contributed by atoms with van der Waals surface area (Å²) in [6, 6.07) is 10.8. The predicted molar refractivity (Wildman–Crippen MR) is 104 cm³/mol. The summed E-state index contributed by atoms with van der Waals surface area (Å²) in [7, 11) is 0. The summed E-state index contributed by atoms with van der Waals surface area (Å²) in [4.78, 5) is 9.37. The van der Waals surface area contributed by atoms with Gasteiger partial charge in [0.25, 0.3) is 0 Å². The van der Waals surface area contributed by atoms with Crippen molar-refractivity contribution in [2.45, 2.75) is 45.4 Å². The molecule has 0 saturated carbocycles. The number of nitrogens with zero attached hydrogens (tertiary/aromatic N) is 3. The fraction of sp³-hybridized carbons (Fsp3) is 0.500. The second-order valence-corrected chi connectivity index (χ2v) is 7.84. The quantitative estimate of drug-likeness (QED) is 0.844. The maximum Gasteiger partial charge on any atom is 0.124 e. The summed E-state index contributed by atoms with van der Waals surface area (Å²) < 4.78 is 6.72. The number of hydrogen-bond acceptors (Lipinski definition) is 4. The number of fused-ring (bicyclic) bond motifs is 1. The van der Waals surface area contributed by atoms with Gasteiger partial charge in [-0.1, -0.05) is 30.7 Å². The van der Waals surface area contributed by atoms with Gasteiger partial charge in [-0.25, -0.2) is 0 Å². The molecule has 1 fully saturated rings. The van der Waals surface area contributed by atoms with Gasteiger partial charge >= 0.3 is 0 Å². The molecule has 1 aromatic heterocycles. The number of ether oxygens (including phenoxy) is 1. The molecule has 1 saturated heterocycles. The van der Waals surface area contributed by atoms with E-state index in [0.717, 1.165) is 57.9 Å². The van der Waals surface area contributed by atoms with Gasteiger partial charge in [-0.2, -0.15) is 0 Å². The fourth-order valence-electron chi connectivity index (χ4n) is 4.30. The molecule has 1 aromatic carbocycles. The molecule has 0 aliphatic carbocycles. The molecule has 0 unspecified atom stereocenters. The highest BCUT2D eigenvalue weighted by Gasteiger charge is 2.40. The number of aryl methyl sites for hydroxylation is 1. The second-order valence-electron chi connectivity index (χ2n) is 7.84. The van der Waals surface area contributed by atoms with Crippen LogP contribution in [0, 0.1) is 6.92 Å². The SMILES string of the molecule is CCN1CCC2(CC1)CN(Cc1cccnc1)Cc1cc(C)ccc1O2. The van der Waals surface area contributed by atoms with Gasteiger partial charge in [0.2, 0.25) is 0 Å². The molecule has 138 valence electrons. The van der Waals surface area contributed by atoms with Crippen LogP contribution in [0.25, 0.3) is 0 Å². The Labute approximate surface area is 156 Å². The van der Waals surface area contributed by atoms with E-state index in [2.05, 4.69) is 52.9 Å². The van der Waals surface area contributed by atoms with Gasteiger partial charge in [0.1, 0.15) is 11.4 Å². The molecule has 2 aromatic rings. The average molecular weight is 351 g/mol. The van der Waals surface area contributed by atoms with E-state index in [1.54, 1.807) is 0 Å². The normalized spacial score (nSPS) is 20.4. The molecule has 1 spiro atoms. The molecule has 4 heteroatoms. The van der Waals surface area contributed by atoms with Crippen LogP contribution in [0.4, 0.5) is 0 Å². The summed E-state index contributed by atoms with van der Waals surface area (Å²) in [5, 5.41) is 0. The standard InChI is InChI=1S/C22H29N3O/c1-3-24-11-8-22(9-12-24)17-25(15-19-5-4-10-23-14-19)16-20-13-18(2)6-7-21(20)26-22/h4-7,10,13-14H,3,8-9,11-12,15-17H2,1-2H3. The zero-order chi connectivity index (χ0) is 18.0. The number of piperidine rings is 1. The first-order chi connectivity index (χ1) is 12.7. The van der Waals surface area contributed by atoms with E-state index >= 15 is 0 Å². The highest BCUT2D eigenvalue weighted by molar-refractivity contribution is 5.38. The van der Waals surface area contributed by atoms with Gasteiger partial charge in [0.05, 0.1) is 0 Å². The predicted octanol–water partition coefficient (Wildman–Crippen LogP) is 3.64. The van der Waals surface area contributed by atoms with Crippen LogP contribution in [0.15, 0.2) is 42.7 Å². The summed E-state index contributed by atoms with van der Waals surface area (Å²) in [5.41, 5.74) is 3.80. The van der Waals surface area contributed by atoms with Crippen molar-refractivity contribution in [2.24, 2.45) is 0 Å². The molecule has 0 radical (unpaired) electrons. The van der Waals surface area contributed by atoms with Crippen molar-refractivity contribution in [1.82, 2.24) is 14.8 Å². The molecule has 0 bridgehead atoms. The van der Waals surface area contributed by atoms with E-state index in [4.69, 9.17) is 4.74 Å². The number of hydrogen-bond donors (Lipinski definition) is 0. The minimum atomic E-state index is -0.0750. The topological polar surface area (TPSA) is 28.6 Å². The van der Waals surface area contributed by atoms with Gasteiger partial charge in [-0.05, 0) is 31.2 Å². The molecule has 4 nitrogen and oxygen atoms in total. The van der Waals surface area contributed by atoms with Gasteiger partial charge in [-0.3, -0.25) is 9.88 Å². The maximum absolute atomic E-state index is 6.72. The lowest BCUT2D eigenvalue weighted by Gasteiger charge is -2.42. The Morgan fingerprint density at radius 3 is 2.73 bits per heavy atom. The van der Waals surface area contributed by atoms with E-state index in [-0.39, 0.29) is 5.60 Å².